The third kappa shape index (κ3) is 3.13. The van der Waals surface area contributed by atoms with Gasteiger partial charge in [-0.3, -0.25) is 0 Å². The molecule has 0 radical (unpaired) electrons. The van der Waals surface area contributed by atoms with Crippen molar-refractivity contribution in [1.82, 2.24) is 0 Å². The second kappa shape index (κ2) is 5.40. The fourth-order valence-corrected chi connectivity index (χ4v) is 4.47. The molecule has 5 heteroatoms. The summed E-state index contributed by atoms with van der Waals surface area (Å²) in [7, 11) is 0. The molecule has 0 spiro atoms. The van der Waals surface area contributed by atoms with Crippen LogP contribution in [0.3, 0.4) is 0 Å². The summed E-state index contributed by atoms with van der Waals surface area (Å²) in [4.78, 5) is 0. The number of nitrogens with two attached hydrogens (primary N) is 1. The third-order valence-corrected chi connectivity index (χ3v) is 6.27. The zero-order chi connectivity index (χ0) is 11.3. The SMILES string of the molecule is CCO[As](=O)(OCC)c1ccc(N)cc1. The predicted octanol–water partition coefficient (Wildman–Crippen LogP) is 0.918. The molecule has 0 atom stereocenters. The summed E-state index contributed by atoms with van der Waals surface area (Å²) >= 11 is -3.82. The second-order valence-electron chi connectivity index (χ2n) is 2.92. The van der Waals surface area contributed by atoms with Gasteiger partial charge < -0.3 is 0 Å². The van der Waals surface area contributed by atoms with Gasteiger partial charge >= 0.3 is 92.5 Å². The third-order valence-electron chi connectivity index (χ3n) is 1.81. The molecule has 84 valence electrons. The van der Waals surface area contributed by atoms with E-state index in [0.29, 0.717) is 23.3 Å². The monoisotopic (exact) mass is 273 g/mol. The molecule has 0 saturated heterocycles. The van der Waals surface area contributed by atoms with E-state index in [1.165, 1.54) is 0 Å². The zero-order valence-corrected chi connectivity index (χ0v) is 10.8. The van der Waals surface area contributed by atoms with E-state index in [4.69, 9.17) is 13.2 Å². The Hall–Kier alpha value is -0.702. The molecule has 0 saturated carbocycles. The second-order valence-corrected chi connectivity index (χ2v) is 7.18. The molecule has 1 aromatic rings. The van der Waals surface area contributed by atoms with Crippen molar-refractivity contribution in [2.45, 2.75) is 13.8 Å². The molecule has 0 bridgehead atoms. The van der Waals surface area contributed by atoms with E-state index in [1.807, 2.05) is 0 Å². The van der Waals surface area contributed by atoms with Crippen LogP contribution in [0.5, 0.6) is 0 Å². The summed E-state index contributed by atoms with van der Waals surface area (Å²) in [6, 6.07) is 6.78. The van der Waals surface area contributed by atoms with Crippen LogP contribution in [0.4, 0.5) is 5.69 Å². The van der Waals surface area contributed by atoms with Crippen molar-refractivity contribution >= 4 is 24.2 Å². The Balaban J connectivity index is 2.98. The number of hydrogen-bond donors (Lipinski definition) is 1. The Bertz CT molecular complexity index is 340. The number of hydrogen-bond acceptors (Lipinski definition) is 4. The Labute approximate surface area is 92.8 Å². The first-order chi connectivity index (χ1) is 7.12. The van der Waals surface area contributed by atoms with Gasteiger partial charge in [-0.05, 0) is 0 Å². The molecule has 4 nitrogen and oxygen atoms in total. The minimum absolute atomic E-state index is 0.376. The van der Waals surface area contributed by atoms with Crippen molar-refractivity contribution in [3.8, 4) is 0 Å². The molecule has 1 aromatic carbocycles. The quantitative estimate of drug-likeness (QED) is 0.640. The van der Waals surface area contributed by atoms with Crippen LogP contribution in [0, 0.1) is 0 Å². The van der Waals surface area contributed by atoms with Crippen molar-refractivity contribution in [3.05, 3.63) is 24.3 Å². The van der Waals surface area contributed by atoms with Gasteiger partial charge in [-0.1, -0.05) is 0 Å². The fraction of sp³-hybridized carbons (Fsp3) is 0.400. The van der Waals surface area contributed by atoms with Crippen molar-refractivity contribution in [2.24, 2.45) is 0 Å². The molecule has 2 N–H and O–H groups in total. The van der Waals surface area contributed by atoms with E-state index in [-0.39, 0.29) is 0 Å². The van der Waals surface area contributed by atoms with Gasteiger partial charge in [0.1, 0.15) is 0 Å². The standard InChI is InChI=1S/C10H16AsNO3/c1-3-14-11(13,15-4-2)9-5-7-10(12)8-6-9/h5-8H,3-4,12H2,1-2H3. The molecule has 0 unspecified atom stereocenters. The fourth-order valence-electron chi connectivity index (χ4n) is 1.18. The first-order valence-corrected chi connectivity index (χ1v) is 8.11. The maximum absolute atomic E-state index is 12.3. The molecule has 0 aromatic heterocycles. The van der Waals surface area contributed by atoms with Gasteiger partial charge in [0.25, 0.3) is 0 Å². The van der Waals surface area contributed by atoms with E-state index in [9.17, 15) is 3.74 Å². The Morgan fingerprint density at radius 1 is 1.13 bits per heavy atom. The summed E-state index contributed by atoms with van der Waals surface area (Å²) in [5, 5.41) is 0. The summed E-state index contributed by atoms with van der Waals surface area (Å²) < 4.78 is 23.4. The summed E-state index contributed by atoms with van der Waals surface area (Å²) in [6.45, 7) is 4.34. The van der Waals surface area contributed by atoms with Gasteiger partial charge in [-0.2, -0.15) is 0 Å². The molecule has 0 aliphatic heterocycles. The molecular weight excluding hydrogens is 257 g/mol. The van der Waals surface area contributed by atoms with Gasteiger partial charge in [0.15, 0.2) is 0 Å². The molecule has 15 heavy (non-hydrogen) atoms. The van der Waals surface area contributed by atoms with Gasteiger partial charge in [-0.15, -0.1) is 0 Å². The minimum atomic E-state index is -3.82. The molecule has 0 aliphatic carbocycles. The first kappa shape index (κ1) is 12.4. The Morgan fingerprint density at radius 2 is 1.60 bits per heavy atom. The Morgan fingerprint density at radius 3 is 2.00 bits per heavy atom. The van der Waals surface area contributed by atoms with Crippen molar-refractivity contribution in [2.75, 3.05) is 18.9 Å². The molecule has 0 fully saturated rings. The van der Waals surface area contributed by atoms with Crippen LogP contribution in [0.15, 0.2) is 24.3 Å². The van der Waals surface area contributed by atoms with E-state index in [0.717, 1.165) is 0 Å². The van der Waals surface area contributed by atoms with Gasteiger partial charge in [0.05, 0.1) is 0 Å². The topological polar surface area (TPSA) is 61.5 Å². The summed E-state index contributed by atoms with van der Waals surface area (Å²) in [5.74, 6) is 0. The van der Waals surface area contributed by atoms with Crippen molar-refractivity contribution < 1.29 is 11.2 Å². The van der Waals surface area contributed by atoms with E-state index in [2.05, 4.69) is 0 Å². The maximum atomic E-state index is 12.3. The van der Waals surface area contributed by atoms with Crippen LogP contribution < -0.4 is 10.1 Å². The van der Waals surface area contributed by atoms with Gasteiger partial charge in [0, 0.05) is 0 Å². The molecular formula is C10H16AsNO3. The number of benzene rings is 1. The van der Waals surface area contributed by atoms with Crippen molar-refractivity contribution in [3.63, 3.8) is 0 Å². The van der Waals surface area contributed by atoms with E-state index in [1.54, 1.807) is 38.1 Å². The van der Waals surface area contributed by atoms with Crippen LogP contribution in [-0.2, 0) is 11.2 Å². The van der Waals surface area contributed by atoms with Crippen molar-refractivity contribution in [1.29, 1.82) is 0 Å². The summed E-state index contributed by atoms with van der Waals surface area (Å²) in [6.07, 6.45) is 0. The van der Waals surface area contributed by atoms with Crippen LogP contribution in [0.2, 0.25) is 0 Å². The molecule has 1 rings (SSSR count). The van der Waals surface area contributed by atoms with E-state index < -0.39 is 14.2 Å². The van der Waals surface area contributed by atoms with Crippen LogP contribution in [0.25, 0.3) is 0 Å². The molecule has 0 amide bonds. The Kier molecular flexibility index (Phi) is 4.45. The predicted molar refractivity (Wildman–Crippen MR) is 60.2 cm³/mol. The van der Waals surface area contributed by atoms with Crippen LogP contribution in [-0.4, -0.2) is 27.4 Å². The van der Waals surface area contributed by atoms with E-state index >= 15 is 0 Å². The number of nitrogen functional groups attached to an aromatic ring is 1. The average molecular weight is 273 g/mol. The molecule has 0 aliphatic rings. The number of anilines is 1. The summed E-state index contributed by atoms with van der Waals surface area (Å²) in [5.41, 5.74) is 6.19. The first-order valence-electron chi connectivity index (χ1n) is 4.87. The van der Waals surface area contributed by atoms with Gasteiger partial charge in [0.2, 0.25) is 0 Å². The normalized spacial score (nSPS) is 11.6. The van der Waals surface area contributed by atoms with Crippen LogP contribution >= 0.6 is 0 Å². The average Bonchev–Trinajstić information content (AvgIpc) is 2.19. The number of rotatable bonds is 5. The van der Waals surface area contributed by atoms with Gasteiger partial charge in [-0.25, -0.2) is 0 Å². The zero-order valence-electron chi connectivity index (χ0n) is 8.97. The molecule has 0 heterocycles. The van der Waals surface area contributed by atoms with Crippen LogP contribution in [0.1, 0.15) is 13.8 Å².